The summed E-state index contributed by atoms with van der Waals surface area (Å²) in [5.41, 5.74) is 3.71. The minimum Gasteiger partial charge on any atom is -0.392 e. The van der Waals surface area contributed by atoms with Gasteiger partial charge in [0, 0.05) is 30.4 Å². The van der Waals surface area contributed by atoms with Gasteiger partial charge < -0.3 is 10.4 Å². The first kappa shape index (κ1) is 17.2. The second-order valence-corrected chi connectivity index (χ2v) is 6.95. The van der Waals surface area contributed by atoms with Gasteiger partial charge in [0.25, 0.3) is 0 Å². The van der Waals surface area contributed by atoms with Gasteiger partial charge in [-0.25, -0.2) is 0 Å². The molecule has 0 radical (unpaired) electrons. The quantitative estimate of drug-likeness (QED) is 0.843. The van der Waals surface area contributed by atoms with E-state index in [2.05, 4.69) is 58.9 Å². The van der Waals surface area contributed by atoms with Crippen molar-refractivity contribution in [3.8, 4) is 0 Å². The van der Waals surface area contributed by atoms with Crippen LogP contribution in [-0.2, 0) is 6.54 Å². The van der Waals surface area contributed by atoms with Gasteiger partial charge in [0.2, 0.25) is 0 Å². The number of aryl methyl sites for hydroxylation is 2. The van der Waals surface area contributed by atoms with E-state index in [-0.39, 0.29) is 17.6 Å². The van der Waals surface area contributed by atoms with Crippen molar-refractivity contribution < 1.29 is 5.11 Å². The largest absolute Gasteiger partial charge is 0.392 e. The van der Waals surface area contributed by atoms with Gasteiger partial charge in [-0.3, -0.25) is 4.68 Å². The molecular formula is C16H31N3O. The summed E-state index contributed by atoms with van der Waals surface area (Å²) in [7, 11) is 0. The predicted octanol–water partition coefficient (Wildman–Crippen LogP) is 2.97. The third kappa shape index (κ3) is 4.60. The summed E-state index contributed by atoms with van der Waals surface area (Å²) in [5.74, 6) is 0. The molecule has 2 atom stereocenters. The van der Waals surface area contributed by atoms with E-state index in [4.69, 9.17) is 0 Å². The molecule has 1 aromatic rings. The molecule has 0 bridgehead atoms. The number of hydrogen-bond donors (Lipinski definition) is 2. The molecule has 1 rings (SSSR count). The lowest BCUT2D eigenvalue weighted by molar-refractivity contribution is 0.117. The molecule has 0 aliphatic rings. The van der Waals surface area contributed by atoms with Crippen molar-refractivity contribution in [1.29, 1.82) is 0 Å². The summed E-state index contributed by atoms with van der Waals surface area (Å²) in [6.45, 7) is 16.4. The van der Waals surface area contributed by atoms with Gasteiger partial charge in [-0.05, 0) is 39.5 Å². The fourth-order valence-corrected chi connectivity index (χ4v) is 2.84. The normalized spacial score (nSPS) is 15.4. The van der Waals surface area contributed by atoms with Crippen molar-refractivity contribution in [1.82, 2.24) is 15.1 Å². The number of nitrogens with zero attached hydrogens (tertiary/aromatic N) is 2. The first-order chi connectivity index (χ1) is 9.15. The average Bonchev–Trinajstić information content (AvgIpc) is 2.59. The second-order valence-electron chi connectivity index (χ2n) is 6.95. The van der Waals surface area contributed by atoms with E-state index in [0.717, 1.165) is 18.7 Å². The van der Waals surface area contributed by atoms with E-state index in [0.29, 0.717) is 6.54 Å². The monoisotopic (exact) mass is 281 g/mol. The first-order valence-corrected chi connectivity index (χ1v) is 7.61. The van der Waals surface area contributed by atoms with Crippen molar-refractivity contribution in [2.75, 3.05) is 6.54 Å². The van der Waals surface area contributed by atoms with Crippen LogP contribution in [0.4, 0.5) is 0 Å². The maximum atomic E-state index is 10.1. The molecule has 1 aromatic heterocycles. The van der Waals surface area contributed by atoms with Crippen LogP contribution in [-0.4, -0.2) is 27.5 Å². The molecule has 4 nitrogen and oxygen atoms in total. The molecule has 116 valence electrons. The van der Waals surface area contributed by atoms with E-state index < -0.39 is 0 Å². The zero-order chi connectivity index (χ0) is 15.5. The molecule has 0 aromatic carbocycles. The van der Waals surface area contributed by atoms with E-state index in [1.165, 1.54) is 11.3 Å². The predicted molar refractivity (Wildman–Crippen MR) is 83.9 cm³/mol. The maximum Gasteiger partial charge on any atom is 0.0669 e. The molecule has 0 saturated carbocycles. The highest BCUT2D eigenvalue weighted by atomic mass is 16.3. The fourth-order valence-electron chi connectivity index (χ4n) is 2.84. The van der Waals surface area contributed by atoms with Crippen LogP contribution in [0.3, 0.4) is 0 Å². The third-order valence-corrected chi connectivity index (χ3v) is 3.68. The molecule has 0 spiro atoms. The topological polar surface area (TPSA) is 50.1 Å². The molecule has 1 heterocycles. The SMILES string of the molecule is CCn1nc(C)c(C(C)NCC(O)CC(C)(C)C)c1C. The Morgan fingerprint density at radius 2 is 1.90 bits per heavy atom. The van der Waals surface area contributed by atoms with Crippen LogP contribution in [0, 0.1) is 19.3 Å². The van der Waals surface area contributed by atoms with E-state index >= 15 is 0 Å². The van der Waals surface area contributed by atoms with Crippen LogP contribution in [0.5, 0.6) is 0 Å². The zero-order valence-electron chi connectivity index (χ0n) is 14.1. The lowest BCUT2D eigenvalue weighted by Gasteiger charge is -2.24. The maximum absolute atomic E-state index is 10.1. The molecule has 20 heavy (non-hydrogen) atoms. The summed E-state index contributed by atoms with van der Waals surface area (Å²) >= 11 is 0. The van der Waals surface area contributed by atoms with Crippen LogP contribution >= 0.6 is 0 Å². The molecule has 2 N–H and O–H groups in total. The van der Waals surface area contributed by atoms with Crippen molar-refractivity contribution in [3.63, 3.8) is 0 Å². The van der Waals surface area contributed by atoms with Gasteiger partial charge in [-0.1, -0.05) is 20.8 Å². The highest BCUT2D eigenvalue weighted by Crippen LogP contribution is 2.23. The highest BCUT2D eigenvalue weighted by Gasteiger charge is 2.20. The summed E-state index contributed by atoms with van der Waals surface area (Å²) in [4.78, 5) is 0. The van der Waals surface area contributed by atoms with Gasteiger partial charge in [0.05, 0.1) is 11.8 Å². The van der Waals surface area contributed by atoms with E-state index in [1.54, 1.807) is 0 Å². The molecule has 0 aliphatic heterocycles. The van der Waals surface area contributed by atoms with E-state index in [1.807, 2.05) is 4.68 Å². The van der Waals surface area contributed by atoms with Gasteiger partial charge >= 0.3 is 0 Å². The van der Waals surface area contributed by atoms with Crippen molar-refractivity contribution in [2.24, 2.45) is 5.41 Å². The van der Waals surface area contributed by atoms with Crippen LogP contribution < -0.4 is 5.32 Å². The second kappa shape index (κ2) is 6.72. The average molecular weight is 281 g/mol. The minimum atomic E-state index is -0.306. The van der Waals surface area contributed by atoms with Crippen LogP contribution in [0.2, 0.25) is 0 Å². The zero-order valence-corrected chi connectivity index (χ0v) is 14.1. The number of hydrogen-bond acceptors (Lipinski definition) is 3. The van der Waals surface area contributed by atoms with E-state index in [9.17, 15) is 5.11 Å². The molecular weight excluding hydrogens is 250 g/mol. The lowest BCUT2D eigenvalue weighted by atomic mass is 9.89. The minimum absolute atomic E-state index is 0.156. The lowest BCUT2D eigenvalue weighted by Crippen LogP contribution is -2.32. The van der Waals surface area contributed by atoms with Crippen LogP contribution in [0.1, 0.15) is 64.0 Å². The number of nitrogens with one attached hydrogen (secondary N) is 1. The van der Waals surface area contributed by atoms with Gasteiger partial charge in [-0.2, -0.15) is 5.10 Å². The number of aliphatic hydroxyl groups excluding tert-OH is 1. The van der Waals surface area contributed by atoms with Crippen LogP contribution in [0.15, 0.2) is 0 Å². The first-order valence-electron chi connectivity index (χ1n) is 7.61. The fraction of sp³-hybridized carbons (Fsp3) is 0.812. The Morgan fingerprint density at radius 3 is 2.35 bits per heavy atom. The summed E-state index contributed by atoms with van der Waals surface area (Å²) in [6, 6.07) is 0.213. The smallest absolute Gasteiger partial charge is 0.0669 e. The van der Waals surface area contributed by atoms with Gasteiger partial charge in [0.1, 0.15) is 0 Å². The molecule has 2 unspecified atom stereocenters. The van der Waals surface area contributed by atoms with Gasteiger partial charge in [0.15, 0.2) is 0 Å². The molecule has 0 aliphatic carbocycles. The number of aromatic nitrogens is 2. The molecule has 4 heteroatoms. The van der Waals surface area contributed by atoms with Crippen molar-refractivity contribution in [3.05, 3.63) is 17.0 Å². The van der Waals surface area contributed by atoms with Crippen molar-refractivity contribution >= 4 is 0 Å². The Labute approximate surface area is 123 Å². The number of rotatable bonds is 6. The van der Waals surface area contributed by atoms with Crippen molar-refractivity contribution in [2.45, 2.75) is 73.6 Å². The Hall–Kier alpha value is -0.870. The summed E-state index contributed by atoms with van der Waals surface area (Å²) in [5, 5.41) is 18.1. The Bertz CT molecular complexity index is 432. The molecule has 0 amide bonds. The van der Waals surface area contributed by atoms with Gasteiger partial charge in [-0.15, -0.1) is 0 Å². The number of aliphatic hydroxyl groups is 1. The Balaban J connectivity index is 2.64. The Morgan fingerprint density at radius 1 is 1.30 bits per heavy atom. The summed E-state index contributed by atoms with van der Waals surface area (Å²) < 4.78 is 2.04. The van der Waals surface area contributed by atoms with Crippen LogP contribution in [0.25, 0.3) is 0 Å². The molecule has 0 saturated heterocycles. The summed E-state index contributed by atoms with van der Waals surface area (Å²) in [6.07, 6.45) is 0.498. The Kier molecular flexibility index (Phi) is 5.78. The third-order valence-electron chi connectivity index (χ3n) is 3.68. The highest BCUT2D eigenvalue weighted by molar-refractivity contribution is 5.27. The standard InChI is InChI=1S/C16H31N3O/c1-8-19-13(4)15(12(3)18-19)11(2)17-10-14(20)9-16(5,6)7/h11,14,17,20H,8-10H2,1-7H3. The molecule has 0 fully saturated rings.